The van der Waals surface area contributed by atoms with E-state index in [0.717, 1.165) is 32.4 Å². The van der Waals surface area contributed by atoms with Crippen LogP contribution in [0.1, 0.15) is 19.3 Å². The van der Waals surface area contributed by atoms with Gasteiger partial charge in [0.15, 0.2) is 0 Å². The number of ether oxygens (including phenoxy) is 2. The Morgan fingerprint density at radius 2 is 1.88 bits per heavy atom. The van der Waals surface area contributed by atoms with E-state index in [9.17, 15) is 4.39 Å². The van der Waals surface area contributed by atoms with Crippen LogP contribution in [-0.4, -0.2) is 76.0 Å². The molecule has 3 heterocycles. The standard InChI is InChI=1S/C16H30FN5O2/c17-10-4-19-9-23-8-11-5-18-6-15(20-11)16-13-3-12(24-7-10)1-2-14(13)21-22-16/h10-16,18-22H,1-9H2/t10-,11?,12?,13?,14?,15?,16?/m1/s1. The summed E-state index contributed by atoms with van der Waals surface area (Å²) in [6, 6.07) is 1.50. The van der Waals surface area contributed by atoms with Crippen molar-refractivity contribution in [3.63, 3.8) is 0 Å². The molecule has 1 saturated carbocycles. The van der Waals surface area contributed by atoms with E-state index in [0.29, 0.717) is 37.4 Å². The summed E-state index contributed by atoms with van der Waals surface area (Å²) < 4.78 is 25.5. The minimum atomic E-state index is -0.980. The minimum Gasteiger partial charge on any atom is -0.375 e. The lowest BCUT2D eigenvalue weighted by molar-refractivity contribution is -0.0175. The smallest absolute Gasteiger partial charge is 0.136 e. The Morgan fingerprint density at radius 1 is 0.917 bits per heavy atom. The maximum Gasteiger partial charge on any atom is 0.136 e. The average molecular weight is 343 g/mol. The monoisotopic (exact) mass is 343 g/mol. The minimum absolute atomic E-state index is 0.169. The summed E-state index contributed by atoms with van der Waals surface area (Å²) in [6.07, 6.45) is 2.27. The number of hydrogen-bond donors (Lipinski definition) is 5. The van der Waals surface area contributed by atoms with E-state index >= 15 is 0 Å². The zero-order chi connectivity index (χ0) is 16.4. The second-order valence-corrected chi connectivity index (χ2v) is 7.55. The van der Waals surface area contributed by atoms with E-state index < -0.39 is 6.17 Å². The highest BCUT2D eigenvalue weighted by Gasteiger charge is 2.44. The zero-order valence-electron chi connectivity index (χ0n) is 14.1. The molecular weight excluding hydrogens is 313 g/mol. The summed E-state index contributed by atoms with van der Waals surface area (Å²) in [5.74, 6) is 0.518. The molecule has 0 radical (unpaired) electrons. The van der Waals surface area contributed by atoms with Crippen LogP contribution in [0.15, 0.2) is 0 Å². The van der Waals surface area contributed by atoms with Crippen molar-refractivity contribution in [3.05, 3.63) is 0 Å². The molecule has 6 unspecified atom stereocenters. The first-order valence-corrected chi connectivity index (χ1v) is 9.31. The fraction of sp³-hybridized carbons (Fsp3) is 1.00. The lowest BCUT2D eigenvalue weighted by Crippen LogP contribution is -2.63. The van der Waals surface area contributed by atoms with Crippen LogP contribution in [0.2, 0.25) is 0 Å². The Balaban J connectivity index is 1.46. The predicted octanol–water partition coefficient (Wildman–Crippen LogP) is -1.14. The van der Waals surface area contributed by atoms with E-state index in [2.05, 4.69) is 26.8 Å². The number of hydrogen-bond acceptors (Lipinski definition) is 7. The van der Waals surface area contributed by atoms with Crippen molar-refractivity contribution < 1.29 is 13.9 Å². The van der Waals surface area contributed by atoms with Crippen LogP contribution in [0.25, 0.3) is 0 Å². The number of halogens is 1. The van der Waals surface area contributed by atoms with Crippen LogP contribution >= 0.6 is 0 Å². The van der Waals surface area contributed by atoms with Gasteiger partial charge >= 0.3 is 0 Å². The summed E-state index contributed by atoms with van der Waals surface area (Å²) in [7, 11) is 0. The Morgan fingerprint density at radius 3 is 2.83 bits per heavy atom. The Labute approximate surface area is 142 Å². The first-order chi connectivity index (χ1) is 11.8. The molecule has 3 aliphatic heterocycles. The SMILES string of the molecule is F[C@@H]1CNCOCC2CNCC(N2)C2NNC3CCC(CC32)OC1. The van der Waals surface area contributed by atoms with Crippen LogP contribution in [0.3, 0.4) is 0 Å². The molecule has 4 fully saturated rings. The fourth-order valence-corrected chi connectivity index (χ4v) is 4.56. The van der Waals surface area contributed by atoms with Gasteiger partial charge in [-0.1, -0.05) is 0 Å². The maximum absolute atomic E-state index is 13.9. The van der Waals surface area contributed by atoms with Crippen molar-refractivity contribution in [1.82, 2.24) is 26.8 Å². The third-order valence-electron chi connectivity index (χ3n) is 5.79. The highest BCUT2D eigenvalue weighted by atomic mass is 19.1. The van der Waals surface area contributed by atoms with Crippen molar-refractivity contribution in [2.75, 3.05) is 39.6 Å². The summed E-state index contributed by atoms with van der Waals surface area (Å²) in [5.41, 5.74) is 6.98. The van der Waals surface area contributed by atoms with E-state index in [1.807, 2.05) is 0 Å². The molecule has 5 N–H and O–H groups in total. The maximum atomic E-state index is 13.9. The van der Waals surface area contributed by atoms with Gasteiger partial charge < -0.3 is 20.1 Å². The molecule has 7 atom stereocenters. The molecule has 0 aromatic heterocycles. The van der Waals surface area contributed by atoms with Crippen LogP contribution < -0.4 is 26.8 Å². The number of hydrazine groups is 1. The van der Waals surface area contributed by atoms with Gasteiger partial charge in [-0.3, -0.25) is 16.2 Å². The van der Waals surface area contributed by atoms with Gasteiger partial charge in [-0.25, -0.2) is 4.39 Å². The molecule has 8 heteroatoms. The first kappa shape index (κ1) is 17.1. The molecule has 7 nitrogen and oxygen atoms in total. The lowest BCUT2D eigenvalue weighted by Gasteiger charge is -2.39. The van der Waals surface area contributed by atoms with Crippen molar-refractivity contribution >= 4 is 0 Å². The van der Waals surface area contributed by atoms with Gasteiger partial charge in [0, 0.05) is 43.8 Å². The van der Waals surface area contributed by atoms with Crippen LogP contribution in [0, 0.1) is 5.92 Å². The molecule has 0 aromatic carbocycles. The molecule has 4 bridgehead atoms. The molecule has 4 rings (SSSR count). The molecule has 4 aliphatic rings. The van der Waals surface area contributed by atoms with Gasteiger partial charge in [0.2, 0.25) is 0 Å². The van der Waals surface area contributed by atoms with Crippen molar-refractivity contribution in [3.8, 4) is 0 Å². The third kappa shape index (κ3) is 3.90. The van der Waals surface area contributed by atoms with Gasteiger partial charge in [0.05, 0.1) is 26.0 Å². The molecule has 138 valence electrons. The van der Waals surface area contributed by atoms with Gasteiger partial charge in [0.25, 0.3) is 0 Å². The summed E-state index contributed by atoms with van der Waals surface area (Å²) in [6.45, 7) is 3.31. The Bertz CT molecular complexity index is 418. The molecule has 0 aromatic rings. The van der Waals surface area contributed by atoms with E-state index in [4.69, 9.17) is 9.47 Å². The molecule has 0 amide bonds. The Hall–Kier alpha value is -0.350. The summed E-state index contributed by atoms with van der Waals surface area (Å²) in [5, 5.41) is 10.3. The van der Waals surface area contributed by atoms with Gasteiger partial charge in [-0.2, -0.15) is 0 Å². The number of fused-ring (bicyclic) bond motifs is 4. The van der Waals surface area contributed by atoms with E-state index in [1.54, 1.807) is 0 Å². The second-order valence-electron chi connectivity index (χ2n) is 7.55. The quantitative estimate of drug-likeness (QED) is 0.381. The molecule has 3 saturated heterocycles. The van der Waals surface area contributed by atoms with Gasteiger partial charge in [0.1, 0.15) is 6.17 Å². The highest BCUT2D eigenvalue weighted by Crippen LogP contribution is 2.33. The average Bonchev–Trinajstić information content (AvgIpc) is 3.02. The van der Waals surface area contributed by atoms with Crippen molar-refractivity contribution in [2.24, 2.45) is 5.92 Å². The summed E-state index contributed by atoms with van der Waals surface area (Å²) in [4.78, 5) is 0. The zero-order valence-corrected chi connectivity index (χ0v) is 14.1. The first-order valence-electron chi connectivity index (χ1n) is 9.31. The lowest BCUT2D eigenvalue weighted by atomic mass is 9.77. The van der Waals surface area contributed by atoms with Crippen molar-refractivity contribution in [2.45, 2.75) is 55.7 Å². The van der Waals surface area contributed by atoms with Crippen LogP contribution in [0.4, 0.5) is 4.39 Å². The molecular formula is C16H30FN5O2. The van der Waals surface area contributed by atoms with Crippen molar-refractivity contribution in [1.29, 1.82) is 0 Å². The molecule has 1 aliphatic carbocycles. The predicted molar refractivity (Wildman–Crippen MR) is 88.2 cm³/mol. The number of nitrogens with one attached hydrogen (secondary N) is 5. The largest absolute Gasteiger partial charge is 0.375 e. The topological polar surface area (TPSA) is 78.6 Å². The highest BCUT2D eigenvalue weighted by molar-refractivity contribution is 5.03. The van der Waals surface area contributed by atoms with Gasteiger partial charge in [-0.15, -0.1) is 0 Å². The number of rotatable bonds is 0. The number of piperazine rings is 1. The normalized spacial score (nSPS) is 47.6. The molecule has 24 heavy (non-hydrogen) atoms. The van der Waals surface area contributed by atoms with Crippen LogP contribution in [-0.2, 0) is 9.47 Å². The van der Waals surface area contributed by atoms with E-state index in [-0.39, 0.29) is 25.3 Å². The second kappa shape index (κ2) is 7.90. The summed E-state index contributed by atoms with van der Waals surface area (Å²) >= 11 is 0. The molecule has 0 spiro atoms. The number of alkyl halides is 1. The van der Waals surface area contributed by atoms with Crippen LogP contribution in [0.5, 0.6) is 0 Å². The van der Waals surface area contributed by atoms with Gasteiger partial charge in [-0.05, 0) is 25.2 Å². The third-order valence-corrected chi connectivity index (χ3v) is 5.79. The van der Waals surface area contributed by atoms with E-state index in [1.165, 1.54) is 0 Å². The Kier molecular flexibility index (Phi) is 5.63. The fourth-order valence-electron chi connectivity index (χ4n) is 4.56.